The van der Waals surface area contributed by atoms with E-state index in [0.717, 1.165) is 35.6 Å². The highest BCUT2D eigenvalue weighted by Crippen LogP contribution is 2.30. The van der Waals surface area contributed by atoms with E-state index in [0.29, 0.717) is 18.8 Å². The van der Waals surface area contributed by atoms with Crippen molar-refractivity contribution in [3.05, 3.63) is 59.7 Å². The highest BCUT2D eigenvalue weighted by Gasteiger charge is 2.09. The van der Waals surface area contributed by atoms with Crippen molar-refractivity contribution >= 4 is 17.5 Å². The lowest BCUT2D eigenvalue weighted by Crippen LogP contribution is -2.02. The molecule has 0 aliphatic rings. The molecule has 2 rings (SSSR count). The maximum absolute atomic E-state index is 12.5. The van der Waals surface area contributed by atoms with Gasteiger partial charge >= 0.3 is 0 Å². The third-order valence-electron chi connectivity index (χ3n) is 3.81. The molecule has 26 heavy (non-hydrogen) atoms. The predicted molar refractivity (Wildman–Crippen MR) is 107 cm³/mol. The molecule has 2 aromatic rings. The van der Waals surface area contributed by atoms with Crippen molar-refractivity contribution in [1.82, 2.24) is 0 Å². The summed E-state index contributed by atoms with van der Waals surface area (Å²) in [5.74, 6) is 1.41. The fraction of sp³-hybridized carbons (Fsp3) is 0.318. The summed E-state index contributed by atoms with van der Waals surface area (Å²) < 4.78 is 11.6. The van der Waals surface area contributed by atoms with E-state index in [2.05, 4.69) is 19.2 Å². The number of anilines is 1. The highest BCUT2D eigenvalue weighted by atomic mass is 16.5. The maximum atomic E-state index is 12.5. The number of carbonyl (C=O) groups excluding carboxylic acids is 1. The second-order valence-electron chi connectivity index (χ2n) is 5.89. The van der Waals surface area contributed by atoms with Gasteiger partial charge in [0.1, 0.15) is 11.5 Å². The Labute approximate surface area is 155 Å². The van der Waals surface area contributed by atoms with Gasteiger partial charge in [0, 0.05) is 18.3 Å². The summed E-state index contributed by atoms with van der Waals surface area (Å²) in [7, 11) is 1.85. The first-order valence-electron chi connectivity index (χ1n) is 9.08. The van der Waals surface area contributed by atoms with E-state index in [1.807, 2.05) is 49.5 Å². The monoisotopic (exact) mass is 353 g/mol. The molecule has 0 aliphatic carbocycles. The predicted octanol–water partition coefficient (Wildman–Crippen LogP) is 5.20. The number of rotatable bonds is 10. The van der Waals surface area contributed by atoms with Crippen molar-refractivity contribution in [3.63, 3.8) is 0 Å². The molecule has 4 nitrogen and oxygen atoms in total. The van der Waals surface area contributed by atoms with Gasteiger partial charge in [-0.2, -0.15) is 0 Å². The van der Waals surface area contributed by atoms with Crippen molar-refractivity contribution in [1.29, 1.82) is 0 Å². The first-order chi connectivity index (χ1) is 12.7. The van der Waals surface area contributed by atoms with Crippen molar-refractivity contribution in [2.45, 2.75) is 26.7 Å². The molecule has 4 heteroatoms. The molecule has 0 amide bonds. The number of hydrogen-bond acceptors (Lipinski definition) is 4. The fourth-order valence-corrected chi connectivity index (χ4v) is 2.42. The minimum atomic E-state index is -0.0561. The Morgan fingerprint density at radius 3 is 2.04 bits per heavy atom. The van der Waals surface area contributed by atoms with Gasteiger partial charge in [-0.1, -0.05) is 19.9 Å². The third kappa shape index (κ3) is 5.38. The number of allylic oxidation sites excluding steroid dienone is 1. The van der Waals surface area contributed by atoms with Crippen LogP contribution in [0.2, 0.25) is 0 Å². The molecule has 0 atom stereocenters. The zero-order valence-corrected chi connectivity index (χ0v) is 15.7. The Balaban J connectivity index is 2.25. The second kappa shape index (κ2) is 10.3. The van der Waals surface area contributed by atoms with Gasteiger partial charge in [-0.15, -0.1) is 0 Å². The number of hydrogen-bond donors (Lipinski definition) is 1. The molecule has 2 aromatic carbocycles. The van der Waals surface area contributed by atoms with Crippen LogP contribution < -0.4 is 14.8 Å². The number of ether oxygens (including phenoxy) is 2. The molecule has 0 aliphatic heterocycles. The van der Waals surface area contributed by atoms with Crippen LogP contribution in [-0.4, -0.2) is 26.0 Å². The van der Waals surface area contributed by atoms with Gasteiger partial charge in [-0.25, -0.2) is 0 Å². The summed E-state index contributed by atoms with van der Waals surface area (Å²) in [5.41, 5.74) is 2.41. The first-order valence-corrected chi connectivity index (χ1v) is 9.08. The Bertz CT molecular complexity index is 709. The Morgan fingerprint density at radius 2 is 1.54 bits per heavy atom. The molecule has 0 heterocycles. The lowest BCUT2D eigenvalue weighted by atomic mass is 10.1. The van der Waals surface area contributed by atoms with E-state index in [-0.39, 0.29) is 5.78 Å². The largest absolute Gasteiger partial charge is 0.493 e. The third-order valence-corrected chi connectivity index (χ3v) is 3.81. The molecule has 0 bridgehead atoms. The minimum absolute atomic E-state index is 0.0561. The van der Waals surface area contributed by atoms with Crippen LogP contribution in [0.4, 0.5) is 5.69 Å². The van der Waals surface area contributed by atoms with Crippen molar-refractivity contribution in [2.24, 2.45) is 0 Å². The zero-order chi connectivity index (χ0) is 18.8. The van der Waals surface area contributed by atoms with E-state index in [1.54, 1.807) is 12.2 Å². The number of ketones is 1. The van der Waals surface area contributed by atoms with Gasteiger partial charge in [-0.05, 0) is 61.4 Å². The maximum Gasteiger partial charge on any atom is 0.185 e. The van der Waals surface area contributed by atoms with Crippen LogP contribution in [0.1, 0.15) is 42.6 Å². The van der Waals surface area contributed by atoms with Crippen LogP contribution in [0.3, 0.4) is 0 Å². The summed E-state index contributed by atoms with van der Waals surface area (Å²) in [6.45, 7) is 5.37. The van der Waals surface area contributed by atoms with E-state index >= 15 is 0 Å². The summed E-state index contributed by atoms with van der Waals surface area (Å²) in [6.07, 6.45) is 5.19. The average molecular weight is 353 g/mol. The molecule has 0 saturated carbocycles. The number of nitrogens with one attached hydrogen (secondary N) is 1. The smallest absolute Gasteiger partial charge is 0.185 e. The van der Waals surface area contributed by atoms with Gasteiger partial charge in [0.25, 0.3) is 0 Å². The summed E-state index contributed by atoms with van der Waals surface area (Å²) in [5, 5.41) is 3.04. The van der Waals surface area contributed by atoms with Gasteiger partial charge in [0.2, 0.25) is 0 Å². The molecule has 0 saturated heterocycles. The van der Waals surface area contributed by atoms with E-state index < -0.39 is 0 Å². The Morgan fingerprint density at radius 1 is 0.962 bits per heavy atom. The lowest BCUT2D eigenvalue weighted by Gasteiger charge is -2.13. The first kappa shape index (κ1) is 19.6. The van der Waals surface area contributed by atoms with Gasteiger partial charge in [0.05, 0.1) is 18.8 Å². The van der Waals surface area contributed by atoms with Crippen molar-refractivity contribution < 1.29 is 14.3 Å². The van der Waals surface area contributed by atoms with Crippen molar-refractivity contribution in [3.8, 4) is 11.5 Å². The quantitative estimate of drug-likeness (QED) is 0.471. The second-order valence-corrected chi connectivity index (χ2v) is 5.89. The molecule has 138 valence electrons. The van der Waals surface area contributed by atoms with Crippen LogP contribution in [0.15, 0.2) is 48.5 Å². The molecule has 0 spiro atoms. The molecule has 0 aromatic heterocycles. The van der Waals surface area contributed by atoms with Crippen LogP contribution in [-0.2, 0) is 0 Å². The normalized spacial score (nSPS) is 10.7. The highest BCUT2D eigenvalue weighted by molar-refractivity contribution is 6.07. The standard InChI is InChI=1S/C22H27NO3/c1-4-15-25-21-7-6-8-22(26-16-5-2)19(21)13-14-20(24)17-9-11-18(23-3)12-10-17/h6-14,23H,4-5,15-16H2,1-3H3/b14-13+. The molecule has 0 radical (unpaired) electrons. The van der Waals surface area contributed by atoms with Crippen LogP contribution in [0.25, 0.3) is 6.08 Å². The minimum Gasteiger partial charge on any atom is -0.493 e. The van der Waals surface area contributed by atoms with E-state index in [4.69, 9.17) is 9.47 Å². The number of carbonyl (C=O) groups is 1. The van der Waals surface area contributed by atoms with Crippen LogP contribution in [0.5, 0.6) is 11.5 Å². The fourth-order valence-electron chi connectivity index (χ4n) is 2.42. The van der Waals surface area contributed by atoms with Gasteiger partial charge < -0.3 is 14.8 Å². The number of benzene rings is 2. The zero-order valence-electron chi connectivity index (χ0n) is 15.7. The van der Waals surface area contributed by atoms with Crippen LogP contribution >= 0.6 is 0 Å². The molecule has 1 N–H and O–H groups in total. The SMILES string of the molecule is CCCOc1cccc(OCCC)c1/C=C/C(=O)c1ccc(NC)cc1. The Kier molecular flexibility index (Phi) is 7.75. The molecule has 0 unspecified atom stereocenters. The van der Waals surface area contributed by atoms with E-state index in [9.17, 15) is 4.79 Å². The summed E-state index contributed by atoms with van der Waals surface area (Å²) in [6, 6.07) is 13.1. The average Bonchev–Trinajstić information content (AvgIpc) is 2.69. The summed E-state index contributed by atoms with van der Waals surface area (Å²) in [4.78, 5) is 12.5. The Hall–Kier alpha value is -2.75. The molecular weight excluding hydrogens is 326 g/mol. The van der Waals surface area contributed by atoms with Gasteiger partial charge in [0.15, 0.2) is 5.78 Å². The van der Waals surface area contributed by atoms with E-state index in [1.165, 1.54) is 0 Å². The topological polar surface area (TPSA) is 47.6 Å². The summed E-state index contributed by atoms with van der Waals surface area (Å²) >= 11 is 0. The van der Waals surface area contributed by atoms with Gasteiger partial charge in [-0.3, -0.25) is 4.79 Å². The molecular formula is C22H27NO3. The molecule has 0 fully saturated rings. The lowest BCUT2D eigenvalue weighted by molar-refractivity contribution is 0.104. The van der Waals surface area contributed by atoms with Crippen molar-refractivity contribution in [2.75, 3.05) is 25.6 Å². The van der Waals surface area contributed by atoms with Crippen LogP contribution in [0, 0.1) is 0 Å².